The normalized spacial score (nSPS) is 11.4. The molecule has 5 nitrogen and oxygen atoms in total. The molecule has 21 heavy (non-hydrogen) atoms. The first-order valence-corrected chi connectivity index (χ1v) is 6.91. The van der Waals surface area contributed by atoms with Gasteiger partial charge in [0.1, 0.15) is 11.3 Å². The maximum atomic E-state index is 13.4. The maximum absolute atomic E-state index is 13.4. The number of oxazole rings is 1. The van der Waals surface area contributed by atoms with E-state index in [1.54, 1.807) is 18.2 Å². The number of nitrogens with two attached hydrogens (primary N) is 1. The molecule has 0 aliphatic carbocycles. The Morgan fingerprint density at radius 3 is 3.00 bits per heavy atom. The Hall–Kier alpha value is -2.12. The summed E-state index contributed by atoms with van der Waals surface area (Å²) in [5, 5.41) is 0.520. The molecule has 3 rings (SSSR count). The van der Waals surface area contributed by atoms with Gasteiger partial charge in [0.2, 0.25) is 11.8 Å². The van der Waals surface area contributed by atoms with Crippen molar-refractivity contribution in [1.29, 1.82) is 0 Å². The van der Waals surface area contributed by atoms with E-state index in [4.69, 9.17) is 23.1 Å². The molecule has 3 aromatic rings. The fourth-order valence-corrected chi connectivity index (χ4v) is 2.77. The Balaban J connectivity index is 2.00. The van der Waals surface area contributed by atoms with Gasteiger partial charge in [-0.25, -0.2) is 15.0 Å². The molecule has 8 heteroatoms. The van der Waals surface area contributed by atoms with E-state index in [0.29, 0.717) is 21.4 Å². The van der Waals surface area contributed by atoms with Crippen LogP contribution in [-0.4, -0.2) is 15.0 Å². The number of anilines is 1. The third-order valence-electron chi connectivity index (χ3n) is 2.52. The molecular formula is C13H8ClFN4OS. The van der Waals surface area contributed by atoms with Gasteiger partial charge < -0.3 is 10.2 Å². The molecule has 0 radical (unpaired) electrons. The van der Waals surface area contributed by atoms with E-state index in [1.807, 2.05) is 0 Å². The van der Waals surface area contributed by atoms with Crippen LogP contribution in [0.25, 0.3) is 11.5 Å². The molecule has 2 heterocycles. The summed E-state index contributed by atoms with van der Waals surface area (Å²) in [6.07, 6.45) is 2.36. The summed E-state index contributed by atoms with van der Waals surface area (Å²) in [4.78, 5) is 11.8. The fraction of sp³-hybridized carbons (Fsp3) is 0. The van der Waals surface area contributed by atoms with Gasteiger partial charge in [-0.1, -0.05) is 29.4 Å². The van der Waals surface area contributed by atoms with E-state index < -0.39 is 12.1 Å². The first-order chi connectivity index (χ1) is 10.6. The van der Waals surface area contributed by atoms with Crippen LogP contribution in [0.4, 0.5) is 10.2 Å². The summed E-state index contributed by atoms with van der Waals surface area (Å²) in [5.74, 6) is -0.648. The molecule has 0 amide bonds. The second kappa shape index (κ2) is 5.71. The highest BCUT2D eigenvalue weighted by atomic mass is 35.5. The van der Waals surface area contributed by atoms with E-state index in [1.165, 1.54) is 12.5 Å². The van der Waals surface area contributed by atoms with Crippen LogP contribution in [0.15, 0.2) is 51.2 Å². The molecule has 0 aliphatic heterocycles. The van der Waals surface area contributed by atoms with Crippen molar-refractivity contribution < 1.29 is 10.2 Å². The van der Waals surface area contributed by atoms with Crippen LogP contribution in [-0.2, 0) is 0 Å². The Labute approximate surface area is 129 Å². The Kier molecular flexibility index (Phi) is 3.43. The molecule has 0 aliphatic rings. The topological polar surface area (TPSA) is 77.8 Å². The highest BCUT2D eigenvalue weighted by Crippen LogP contribution is 2.39. The number of hydrogen-bond acceptors (Lipinski definition) is 6. The lowest BCUT2D eigenvalue weighted by Crippen LogP contribution is -1.98. The van der Waals surface area contributed by atoms with Gasteiger partial charge in [-0.05, 0) is 12.1 Å². The number of nitrogens with zero attached hydrogens (tertiary/aromatic N) is 3. The quantitative estimate of drug-likeness (QED) is 0.792. The van der Waals surface area contributed by atoms with Crippen molar-refractivity contribution in [2.45, 2.75) is 9.92 Å². The summed E-state index contributed by atoms with van der Waals surface area (Å²) >= 11 is 7.38. The minimum Gasteiger partial charge on any atom is -0.444 e. The Morgan fingerprint density at radius 1 is 1.38 bits per heavy atom. The minimum atomic E-state index is -0.989. The lowest BCUT2D eigenvalue weighted by atomic mass is 10.2. The van der Waals surface area contributed by atoms with Crippen LogP contribution in [0.1, 0.15) is 1.37 Å². The third kappa shape index (κ3) is 2.84. The van der Waals surface area contributed by atoms with Crippen LogP contribution < -0.4 is 5.73 Å². The Morgan fingerprint density at radius 2 is 2.24 bits per heavy atom. The summed E-state index contributed by atoms with van der Waals surface area (Å²) in [7, 11) is 0. The molecule has 0 bridgehead atoms. The fourth-order valence-electron chi connectivity index (χ4n) is 1.62. The highest BCUT2D eigenvalue weighted by Gasteiger charge is 2.14. The van der Waals surface area contributed by atoms with Gasteiger partial charge in [0.05, 0.1) is 24.3 Å². The number of aromatic nitrogens is 3. The molecule has 0 atom stereocenters. The van der Waals surface area contributed by atoms with E-state index in [0.717, 1.165) is 11.8 Å². The second-order valence-electron chi connectivity index (χ2n) is 3.87. The molecule has 1 aromatic carbocycles. The molecule has 0 saturated heterocycles. The van der Waals surface area contributed by atoms with Gasteiger partial charge in [-0.3, -0.25) is 0 Å². The summed E-state index contributed by atoms with van der Waals surface area (Å²) in [6, 6.07) is 5.24. The van der Waals surface area contributed by atoms with Crippen LogP contribution >= 0.6 is 23.4 Å². The lowest BCUT2D eigenvalue weighted by Gasteiger charge is -2.07. The summed E-state index contributed by atoms with van der Waals surface area (Å²) in [6.45, 7) is 0. The van der Waals surface area contributed by atoms with E-state index >= 15 is 0 Å². The number of halogens is 2. The van der Waals surface area contributed by atoms with Crippen molar-refractivity contribution in [2.24, 2.45) is 0 Å². The van der Waals surface area contributed by atoms with Crippen LogP contribution in [0.3, 0.4) is 0 Å². The molecule has 2 N–H and O–H groups in total. The average molecular weight is 324 g/mol. The second-order valence-corrected chi connectivity index (χ2v) is 5.28. The number of rotatable bonds is 3. The molecule has 0 spiro atoms. The molecule has 0 unspecified atom stereocenters. The van der Waals surface area contributed by atoms with Gasteiger partial charge in [0, 0.05) is 4.90 Å². The predicted octanol–water partition coefficient (Wildman–Crippen LogP) is 3.66. The summed E-state index contributed by atoms with van der Waals surface area (Å²) < 4.78 is 25.8. The number of hydrogen-bond donors (Lipinski definition) is 1. The zero-order chi connectivity index (χ0) is 15.7. The van der Waals surface area contributed by atoms with Gasteiger partial charge in [-0.15, -0.1) is 0 Å². The minimum absolute atomic E-state index is 0.0333. The van der Waals surface area contributed by atoms with Gasteiger partial charge in [0.25, 0.3) is 0 Å². The van der Waals surface area contributed by atoms with E-state index in [2.05, 4.69) is 15.0 Å². The summed E-state index contributed by atoms with van der Waals surface area (Å²) in [5.41, 5.74) is 6.26. The van der Waals surface area contributed by atoms with Gasteiger partial charge in [0.15, 0.2) is 5.82 Å². The van der Waals surface area contributed by atoms with Crippen LogP contribution in [0.5, 0.6) is 0 Å². The maximum Gasteiger partial charge on any atom is 0.232 e. The Bertz CT molecular complexity index is 831. The van der Waals surface area contributed by atoms with Crippen LogP contribution in [0.2, 0.25) is 5.02 Å². The van der Waals surface area contributed by atoms with Crippen LogP contribution in [0, 0.1) is 5.95 Å². The zero-order valence-electron chi connectivity index (χ0n) is 11.4. The first-order valence-electron chi connectivity index (χ1n) is 6.22. The van der Waals surface area contributed by atoms with E-state index in [9.17, 15) is 4.39 Å². The van der Waals surface area contributed by atoms with Crippen molar-refractivity contribution in [1.82, 2.24) is 15.0 Å². The molecule has 0 saturated carbocycles. The van der Waals surface area contributed by atoms with Gasteiger partial charge in [-0.2, -0.15) is 4.39 Å². The monoisotopic (exact) mass is 323 g/mol. The van der Waals surface area contributed by atoms with E-state index in [-0.39, 0.29) is 10.8 Å². The standard InChI is InChI=1S/C13H8ClFN4OS/c14-10-7(12-17-4-5-20-12)2-1-3-8(10)21-13-11(16)18-6-9(15)19-13/h1-6H,(H2,16,18)/i6D. The number of nitrogen functional groups attached to an aromatic ring is 1. The zero-order valence-corrected chi connectivity index (χ0v) is 12.0. The molecule has 106 valence electrons. The van der Waals surface area contributed by atoms with Gasteiger partial charge >= 0.3 is 0 Å². The molecular weight excluding hydrogens is 315 g/mol. The number of benzene rings is 1. The highest BCUT2D eigenvalue weighted by molar-refractivity contribution is 7.99. The SMILES string of the molecule is [2H]c1nc(N)c(Sc2cccc(-c3ncco3)c2Cl)nc1F. The lowest BCUT2D eigenvalue weighted by molar-refractivity contribution is 0.565. The van der Waals surface area contributed by atoms with Crippen molar-refractivity contribution in [3.8, 4) is 11.5 Å². The van der Waals surface area contributed by atoms with Crippen molar-refractivity contribution >= 4 is 29.2 Å². The largest absolute Gasteiger partial charge is 0.444 e. The smallest absolute Gasteiger partial charge is 0.232 e. The van der Waals surface area contributed by atoms with Crippen molar-refractivity contribution in [2.75, 3.05) is 5.73 Å². The predicted molar refractivity (Wildman–Crippen MR) is 77.5 cm³/mol. The molecule has 0 fully saturated rings. The first kappa shape index (κ1) is 12.6. The third-order valence-corrected chi connectivity index (χ3v) is 4.09. The molecule has 2 aromatic heterocycles. The van der Waals surface area contributed by atoms with Crippen molar-refractivity contribution in [3.63, 3.8) is 0 Å². The average Bonchev–Trinajstić information content (AvgIpc) is 3.01. The van der Waals surface area contributed by atoms with Crippen molar-refractivity contribution in [3.05, 3.63) is 47.8 Å².